The van der Waals surface area contributed by atoms with Gasteiger partial charge in [-0.25, -0.2) is 0 Å². The SMILES string of the molecule is CCc1cc2cc(C(O)C3CCN(Cc4ccccc4)CC3)ccc2[nH]c1=O. The quantitative estimate of drug-likeness (QED) is 0.707. The number of nitrogens with zero attached hydrogens (tertiary/aromatic N) is 1. The number of aryl methyl sites for hydroxylation is 1. The van der Waals surface area contributed by atoms with Gasteiger partial charge in [0.15, 0.2) is 0 Å². The molecule has 2 aromatic carbocycles. The first kappa shape index (κ1) is 18.9. The number of aliphatic hydroxyl groups is 1. The number of hydrogen-bond donors (Lipinski definition) is 2. The summed E-state index contributed by atoms with van der Waals surface area (Å²) < 4.78 is 0. The van der Waals surface area contributed by atoms with E-state index in [1.54, 1.807) is 0 Å². The van der Waals surface area contributed by atoms with Gasteiger partial charge in [0.25, 0.3) is 5.56 Å². The van der Waals surface area contributed by atoms with Gasteiger partial charge in [-0.1, -0.05) is 43.3 Å². The van der Waals surface area contributed by atoms with Crippen LogP contribution in [0, 0.1) is 5.92 Å². The molecule has 146 valence electrons. The van der Waals surface area contributed by atoms with Crippen molar-refractivity contribution in [2.45, 2.75) is 38.8 Å². The predicted molar refractivity (Wildman–Crippen MR) is 113 cm³/mol. The normalized spacial score (nSPS) is 17.1. The third-order valence-electron chi connectivity index (χ3n) is 6.00. The Balaban J connectivity index is 1.44. The van der Waals surface area contributed by atoms with Crippen molar-refractivity contribution < 1.29 is 5.11 Å². The Kier molecular flexibility index (Phi) is 5.60. The molecule has 4 rings (SSSR count). The number of piperidine rings is 1. The summed E-state index contributed by atoms with van der Waals surface area (Å²) in [4.78, 5) is 17.4. The van der Waals surface area contributed by atoms with E-state index in [0.717, 1.165) is 54.5 Å². The van der Waals surface area contributed by atoms with E-state index in [0.29, 0.717) is 6.42 Å². The summed E-state index contributed by atoms with van der Waals surface area (Å²) >= 11 is 0. The highest BCUT2D eigenvalue weighted by Gasteiger charge is 2.26. The van der Waals surface area contributed by atoms with E-state index in [1.165, 1.54) is 5.56 Å². The van der Waals surface area contributed by atoms with Gasteiger partial charge in [-0.05, 0) is 73.0 Å². The molecule has 1 saturated heterocycles. The highest BCUT2D eigenvalue weighted by molar-refractivity contribution is 5.79. The van der Waals surface area contributed by atoms with Gasteiger partial charge < -0.3 is 10.1 Å². The number of likely N-dealkylation sites (tertiary alicyclic amines) is 1. The van der Waals surface area contributed by atoms with Gasteiger partial charge >= 0.3 is 0 Å². The van der Waals surface area contributed by atoms with Gasteiger partial charge in [-0.2, -0.15) is 0 Å². The molecule has 4 heteroatoms. The molecule has 1 fully saturated rings. The molecule has 0 amide bonds. The van der Waals surface area contributed by atoms with Crippen LogP contribution >= 0.6 is 0 Å². The molecule has 0 aliphatic carbocycles. The lowest BCUT2D eigenvalue weighted by atomic mass is 9.87. The maximum absolute atomic E-state index is 12.0. The predicted octanol–water partition coefficient (Wildman–Crippen LogP) is 4.04. The molecule has 1 aliphatic heterocycles. The average Bonchev–Trinajstić information content (AvgIpc) is 2.74. The Bertz CT molecular complexity index is 988. The molecular weight excluding hydrogens is 348 g/mol. The van der Waals surface area contributed by atoms with Crippen LogP contribution in [0.4, 0.5) is 0 Å². The van der Waals surface area contributed by atoms with Crippen molar-refractivity contribution >= 4 is 10.9 Å². The molecule has 0 radical (unpaired) electrons. The highest BCUT2D eigenvalue weighted by Crippen LogP contribution is 2.32. The van der Waals surface area contributed by atoms with Crippen molar-refractivity contribution in [3.05, 3.63) is 81.6 Å². The third kappa shape index (κ3) is 4.03. The van der Waals surface area contributed by atoms with Crippen molar-refractivity contribution in [2.24, 2.45) is 5.92 Å². The second-order valence-electron chi connectivity index (χ2n) is 7.87. The summed E-state index contributed by atoms with van der Waals surface area (Å²) in [6.45, 7) is 4.99. The second kappa shape index (κ2) is 8.29. The Morgan fingerprint density at radius 1 is 1.11 bits per heavy atom. The van der Waals surface area contributed by atoms with Crippen LogP contribution in [0.5, 0.6) is 0 Å². The van der Waals surface area contributed by atoms with Gasteiger partial charge in [0.2, 0.25) is 0 Å². The number of H-pyrrole nitrogens is 1. The summed E-state index contributed by atoms with van der Waals surface area (Å²) in [6, 6.07) is 18.4. The minimum absolute atomic E-state index is 0.0194. The van der Waals surface area contributed by atoms with Crippen molar-refractivity contribution in [2.75, 3.05) is 13.1 Å². The first-order chi connectivity index (χ1) is 13.6. The first-order valence-electron chi connectivity index (χ1n) is 10.2. The smallest absolute Gasteiger partial charge is 0.251 e. The molecule has 1 aliphatic rings. The third-order valence-corrected chi connectivity index (χ3v) is 6.00. The fourth-order valence-electron chi connectivity index (χ4n) is 4.26. The molecule has 1 unspecified atom stereocenters. The molecule has 0 saturated carbocycles. The Morgan fingerprint density at radius 3 is 2.57 bits per heavy atom. The number of aliphatic hydroxyl groups excluding tert-OH is 1. The molecule has 2 heterocycles. The zero-order chi connectivity index (χ0) is 19.5. The summed E-state index contributed by atoms with van der Waals surface area (Å²) in [5.74, 6) is 0.276. The van der Waals surface area contributed by atoms with Crippen LogP contribution < -0.4 is 5.56 Å². The maximum atomic E-state index is 12.0. The number of aromatic amines is 1. The molecule has 1 aromatic heterocycles. The van der Waals surface area contributed by atoms with E-state index < -0.39 is 6.10 Å². The molecule has 2 N–H and O–H groups in total. The van der Waals surface area contributed by atoms with Crippen LogP contribution in [0.1, 0.15) is 42.6 Å². The monoisotopic (exact) mass is 376 g/mol. The van der Waals surface area contributed by atoms with Crippen molar-refractivity contribution in [1.29, 1.82) is 0 Å². The van der Waals surface area contributed by atoms with Crippen LogP contribution in [-0.4, -0.2) is 28.1 Å². The zero-order valence-corrected chi connectivity index (χ0v) is 16.4. The number of pyridine rings is 1. The van der Waals surface area contributed by atoms with E-state index in [2.05, 4.69) is 40.2 Å². The lowest BCUT2D eigenvalue weighted by Crippen LogP contribution is -2.35. The van der Waals surface area contributed by atoms with Gasteiger partial charge in [0.1, 0.15) is 0 Å². The van der Waals surface area contributed by atoms with Crippen LogP contribution in [0.25, 0.3) is 10.9 Å². The van der Waals surface area contributed by atoms with E-state index >= 15 is 0 Å². The Labute approximate surface area is 165 Å². The summed E-state index contributed by atoms with van der Waals surface area (Å²) in [6.07, 6.45) is 2.24. The van der Waals surface area contributed by atoms with Crippen LogP contribution in [0.2, 0.25) is 0 Å². The van der Waals surface area contributed by atoms with E-state index in [1.807, 2.05) is 31.2 Å². The molecule has 4 nitrogen and oxygen atoms in total. The van der Waals surface area contributed by atoms with Crippen LogP contribution in [-0.2, 0) is 13.0 Å². The standard InChI is InChI=1S/C24H28N2O2/c1-2-18-14-21-15-20(8-9-22(21)25-24(18)28)23(27)19-10-12-26(13-11-19)16-17-6-4-3-5-7-17/h3-9,14-15,19,23,27H,2,10-13,16H2,1H3,(H,25,28). The van der Waals surface area contributed by atoms with Crippen molar-refractivity contribution in [3.63, 3.8) is 0 Å². The topological polar surface area (TPSA) is 56.3 Å². The van der Waals surface area contributed by atoms with Crippen molar-refractivity contribution in [3.8, 4) is 0 Å². The second-order valence-corrected chi connectivity index (χ2v) is 7.87. The van der Waals surface area contributed by atoms with Gasteiger partial charge in [0.05, 0.1) is 6.10 Å². The summed E-state index contributed by atoms with van der Waals surface area (Å²) in [7, 11) is 0. The number of fused-ring (bicyclic) bond motifs is 1. The largest absolute Gasteiger partial charge is 0.388 e. The minimum atomic E-state index is -0.458. The minimum Gasteiger partial charge on any atom is -0.388 e. The molecular formula is C24H28N2O2. The number of rotatable bonds is 5. The van der Waals surface area contributed by atoms with Crippen LogP contribution in [0.15, 0.2) is 59.4 Å². The fraction of sp³-hybridized carbons (Fsp3) is 0.375. The highest BCUT2D eigenvalue weighted by atomic mass is 16.3. The van der Waals surface area contributed by atoms with E-state index in [4.69, 9.17) is 0 Å². The van der Waals surface area contributed by atoms with E-state index in [-0.39, 0.29) is 11.5 Å². The van der Waals surface area contributed by atoms with E-state index in [9.17, 15) is 9.90 Å². The average molecular weight is 377 g/mol. The van der Waals surface area contributed by atoms with Gasteiger partial charge in [-0.3, -0.25) is 9.69 Å². The number of nitrogens with one attached hydrogen (secondary N) is 1. The molecule has 28 heavy (non-hydrogen) atoms. The first-order valence-corrected chi connectivity index (χ1v) is 10.2. The lowest BCUT2D eigenvalue weighted by Gasteiger charge is -2.34. The number of benzene rings is 2. The van der Waals surface area contributed by atoms with Crippen LogP contribution in [0.3, 0.4) is 0 Å². The van der Waals surface area contributed by atoms with Crippen molar-refractivity contribution in [1.82, 2.24) is 9.88 Å². The maximum Gasteiger partial charge on any atom is 0.251 e. The fourth-order valence-corrected chi connectivity index (χ4v) is 4.26. The number of aromatic nitrogens is 1. The van der Waals surface area contributed by atoms with Gasteiger partial charge in [0, 0.05) is 17.6 Å². The lowest BCUT2D eigenvalue weighted by molar-refractivity contribution is 0.0568. The molecule has 3 aromatic rings. The van der Waals surface area contributed by atoms with Gasteiger partial charge in [-0.15, -0.1) is 0 Å². The zero-order valence-electron chi connectivity index (χ0n) is 16.4. The molecule has 0 bridgehead atoms. The Morgan fingerprint density at radius 2 is 1.86 bits per heavy atom. The summed E-state index contributed by atoms with van der Waals surface area (Å²) in [5.41, 5.74) is 3.89. The molecule has 1 atom stereocenters. The molecule has 0 spiro atoms. The summed E-state index contributed by atoms with van der Waals surface area (Å²) in [5, 5.41) is 12.0. The number of hydrogen-bond acceptors (Lipinski definition) is 3. The Hall–Kier alpha value is -2.43.